The van der Waals surface area contributed by atoms with Crippen LogP contribution in [-0.2, 0) is 0 Å². The van der Waals surface area contributed by atoms with E-state index in [1.54, 1.807) is 36.9 Å². The predicted octanol–water partition coefficient (Wildman–Crippen LogP) is 13.3. The van der Waals surface area contributed by atoms with E-state index in [4.69, 9.17) is 12.6 Å². The lowest BCUT2D eigenvalue weighted by molar-refractivity contribution is 0.357. The highest BCUT2D eigenvalue weighted by Gasteiger charge is 2.43. The number of aryl methyl sites for hydroxylation is 3. The quantitative estimate of drug-likeness (QED) is 0.186. The molecule has 5 heteroatoms. The molecule has 5 aromatic rings. The smallest absolute Gasteiger partial charge is 0.0612 e. The Morgan fingerprint density at radius 1 is 0.500 bits per heavy atom. The average molecular weight is 641 g/mol. The zero-order valence-electron chi connectivity index (χ0n) is 24.5. The highest BCUT2D eigenvalue weighted by Crippen LogP contribution is 2.64. The summed E-state index contributed by atoms with van der Waals surface area (Å²) in [6.45, 7) is 6.72. The van der Waals surface area contributed by atoms with Crippen molar-refractivity contribution in [1.29, 1.82) is 0 Å². The molecule has 0 radical (unpaired) electrons. The van der Waals surface area contributed by atoms with Gasteiger partial charge in [-0.25, -0.2) is 0 Å². The first-order chi connectivity index (χ1) is 20.4. The molecule has 2 fully saturated rings. The normalized spacial score (nSPS) is 23.9. The van der Waals surface area contributed by atoms with Crippen molar-refractivity contribution in [1.82, 2.24) is 0 Å². The summed E-state index contributed by atoms with van der Waals surface area (Å²) in [5.74, 6) is 3.03. The number of hydrogen-bond acceptors (Lipinski definition) is 5. The zero-order valence-corrected chi connectivity index (χ0v) is 28.7. The Hall–Kier alpha value is -1.63. The van der Waals surface area contributed by atoms with Crippen LogP contribution in [0.5, 0.6) is 0 Å². The fraction of sp³-hybridized carbons (Fsp3) is 0.405. The van der Waals surface area contributed by atoms with Crippen LogP contribution in [0.2, 0.25) is 0 Å². The second-order valence-corrected chi connectivity index (χ2v) is 18.3. The molecule has 0 saturated heterocycles. The third-order valence-corrected chi connectivity index (χ3v) is 16.3. The van der Waals surface area contributed by atoms with Crippen molar-refractivity contribution in [3.05, 3.63) is 75.3 Å². The van der Waals surface area contributed by atoms with E-state index in [1.807, 2.05) is 34.0 Å². The van der Waals surface area contributed by atoms with Crippen molar-refractivity contribution >= 4 is 58.0 Å². The van der Waals surface area contributed by atoms with Crippen LogP contribution in [-0.4, -0.2) is 0 Å². The van der Waals surface area contributed by atoms with Gasteiger partial charge in [0.25, 0.3) is 0 Å². The Bertz CT molecular complexity index is 1830. The van der Waals surface area contributed by atoms with Crippen molar-refractivity contribution in [3.8, 4) is 39.7 Å². The van der Waals surface area contributed by atoms with Gasteiger partial charge >= 0.3 is 0 Å². The Labute approximate surface area is 271 Å². The van der Waals surface area contributed by atoms with Crippen LogP contribution in [0.15, 0.2) is 40.6 Å². The Balaban J connectivity index is 1.15. The second-order valence-electron chi connectivity index (χ2n) is 13.3. The van der Waals surface area contributed by atoms with Crippen LogP contribution >= 0.6 is 58.0 Å². The highest BCUT2D eigenvalue weighted by atomic mass is 32.2. The molecule has 0 nitrogen and oxygen atoms in total. The van der Waals surface area contributed by atoms with Gasteiger partial charge in [-0.15, -0.1) is 58.0 Å². The van der Waals surface area contributed by atoms with Gasteiger partial charge in [0, 0.05) is 34.1 Å². The highest BCUT2D eigenvalue weighted by molar-refractivity contribution is 7.83. The summed E-state index contributed by atoms with van der Waals surface area (Å²) in [5.41, 5.74) is 12.4. The van der Waals surface area contributed by atoms with Crippen LogP contribution < -0.4 is 0 Å². The lowest BCUT2D eigenvalue weighted by Crippen LogP contribution is -2.22. The van der Waals surface area contributed by atoms with Crippen molar-refractivity contribution in [2.45, 2.75) is 100 Å². The molecule has 4 heterocycles. The molecule has 6 aliphatic rings. The standard InChI is InChI=1S/C37H36S5/c1-18-16-19(2)29(20(3)17-18)27-14-12-25(39-27)26-13-15-28(40-26)34-30-21-4-6-22(7-5-21)31(30)35(41-34)36-32-23-8-10-24(11-9-23)33(32)37(38)42-36/h12-17,21-24,38H,4-11H2,1-3H3. The van der Waals surface area contributed by atoms with E-state index < -0.39 is 0 Å². The first-order valence-corrected chi connectivity index (χ1v) is 19.5. The summed E-state index contributed by atoms with van der Waals surface area (Å²) in [5, 5.41) is 0. The molecule has 4 aromatic heterocycles. The van der Waals surface area contributed by atoms with E-state index >= 15 is 0 Å². The third kappa shape index (κ3) is 3.96. The molecule has 42 heavy (non-hydrogen) atoms. The molecule has 6 aliphatic carbocycles. The average Bonchev–Trinajstić information content (AvgIpc) is 3.79. The molecule has 0 aliphatic heterocycles. The number of fused-ring (bicyclic) bond motifs is 4. The SMILES string of the molecule is Cc1cc(C)c(-c2ccc(-c3ccc(-c4sc(-c5sc(S)c6c5C5CCC6CC5)c5c4C4CCC5CC4)s3)s2)c(C)c1. The number of hydrogen-bond donors (Lipinski definition) is 1. The van der Waals surface area contributed by atoms with Crippen LogP contribution in [0.4, 0.5) is 0 Å². The monoisotopic (exact) mass is 640 g/mol. The van der Waals surface area contributed by atoms with Gasteiger partial charge in [0.1, 0.15) is 0 Å². The molecular formula is C37H36S5. The summed E-state index contributed by atoms with van der Waals surface area (Å²) in [4.78, 5) is 10.5. The van der Waals surface area contributed by atoms with E-state index in [0.29, 0.717) is 0 Å². The van der Waals surface area contributed by atoms with Crippen LogP contribution in [0, 0.1) is 20.8 Å². The van der Waals surface area contributed by atoms with Crippen LogP contribution in [0.3, 0.4) is 0 Å². The first-order valence-electron chi connectivity index (χ1n) is 15.8. The minimum atomic E-state index is 0.749. The molecule has 0 amide bonds. The van der Waals surface area contributed by atoms with Gasteiger partial charge in [0.2, 0.25) is 0 Å². The van der Waals surface area contributed by atoms with Crippen molar-refractivity contribution in [2.75, 3.05) is 0 Å². The van der Waals surface area contributed by atoms with Crippen molar-refractivity contribution < 1.29 is 0 Å². The second kappa shape index (κ2) is 9.94. The van der Waals surface area contributed by atoms with E-state index in [-0.39, 0.29) is 0 Å². The molecule has 0 spiro atoms. The summed E-state index contributed by atoms with van der Waals surface area (Å²) < 4.78 is 1.32. The Morgan fingerprint density at radius 2 is 0.929 bits per heavy atom. The molecule has 0 N–H and O–H groups in total. The summed E-state index contributed by atoms with van der Waals surface area (Å²) >= 11 is 13.3. The molecule has 1 aromatic carbocycles. The van der Waals surface area contributed by atoms with Crippen molar-refractivity contribution in [3.63, 3.8) is 0 Å². The van der Waals surface area contributed by atoms with Gasteiger partial charge in [-0.05, 0) is 159 Å². The van der Waals surface area contributed by atoms with Crippen LogP contribution in [0.1, 0.15) is 114 Å². The summed E-state index contributed by atoms with van der Waals surface area (Å²) in [6, 6.07) is 14.2. The Morgan fingerprint density at radius 3 is 1.52 bits per heavy atom. The molecule has 11 rings (SSSR count). The van der Waals surface area contributed by atoms with Gasteiger partial charge < -0.3 is 0 Å². The number of thiol groups is 1. The number of rotatable bonds is 4. The van der Waals surface area contributed by atoms with Gasteiger partial charge in [-0.3, -0.25) is 0 Å². The first kappa shape index (κ1) is 26.7. The predicted molar refractivity (Wildman–Crippen MR) is 189 cm³/mol. The largest absolute Gasteiger partial charge is 0.134 e. The molecular weight excluding hydrogens is 605 g/mol. The molecule has 214 valence electrons. The van der Waals surface area contributed by atoms with Gasteiger partial charge in [0.05, 0.1) is 4.21 Å². The fourth-order valence-electron chi connectivity index (χ4n) is 9.14. The summed E-state index contributed by atoms with van der Waals surface area (Å²) in [7, 11) is 0. The minimum absolute atomic E-state index is 0.749. The van der Waals surface area contributed by atoms with Crippen LogP contribution in [0.25, 0.3) is 39.7 Å². The van der Waals surface area contributed by atoms with E-state index in [9.17, 15) is 0 Å². The third-order valence-electron chi connectivity index (χ3n) is 10.8. The number of thiophene rings is 4. The topological polar surface area (TPSA) is 0 Å². The lowest BCUT2D eigenvalue weighted by Gasteiger charge is -2.38. The maximum Gasteiger partial charge on any atom is 0.0612 e. The van der Waals surface area contributed by atoms with E-state index in [2.05, 4.69) is 68.5 Å². The Kier molecular flexibility index (Phi) is 6.33. The fourth-order valence-corrected chi connectivity index (χ4v) is 15.0. The molecule has 2 saturated carbocycles. The molecule has 0 atom stereocenters. The van der Waals surface area contributed by atoms with E-state index in [1.165, 1.54) is 97.3 Å². The summed E-state index contributed by atoms with van der Waals surface area (Å²) in [6.07, 6.45) is 11.1. The van der Waals surface area contributed by atoms with Gasteiger partial charge in [-0.1, -0.05) is 17.7 Å². The maximum absolute atomic E-state index is 5.11. The maximum atomic E-state index is 5.11. The zero-order chi connectivity index (χ0) is 28.3. The van der Waals surface area contributed by atoms with Gasteiger partial charge in [0.15, 0.2) is 0 Å². The molecule has 4 bridgehead atoms. The van der Waals surface area contributed by atoms with E-state index in [0.717, 1.165) is 23.7 Å². The van der Waals surface area contributed by atoms with Gasteiger partial charge in [-0.2, -0.15) is 0 Å². The van der Waals surface area contributed by atoms with Crippen molar-refractivity contribution in [2.24, 2.45) is 0 Å². The lowest BCUT2D eigenvalue weighted by atomic mass is 9.65. The molecule has 0 unspecified atom stereocenters. The number of benzene rings is 1. The minimum Gasteiger partial charge on any atom is -0.134 e.